The number of anilines is 1. The van der Waals surface area contributed by atoms with E-state index in [2.05, 4.69) is 15.3 Å². The van der Waals surface area contributed by atoms with E-state index in [9.17, 15) is 13.6 Å². The molecular weight excluding hydrogens is 330 g/mol. The predicted molar refractivity (Wildman–Crippen MR) is 87.5 cm³/mol. The first-order valence-electron chi connectivity index (χ1n) is 7.93. The highest BCUT2D eigenvalue weighted by molar-refractivity contribution is 5.90. The number of carbonyl (C=O) groups excluding carboxylic acids is 1. The number of ether oxygens (including phenoxy) is 1. The van der Waals surface area contributed by atoms with Gasteiger partial charge in [0, 0.05) is 19.0 Å². The van der Waals surface area contributed by atoms with Crippen molar-refractivity contribution in [2.75, 3.05) is 25.5 Å². The van der Waals surface area contributed by atoms with Gasteiger partial charge in [0.25, 0.3) is 0 Å². The number of urea groups is 1. The lowest BCUT2D eigenvalue weighted by Gasteiger charge is -2.33. The van der Waals surface area contributed by atoms with Crippen molar-refractivity contribution in [1.29, 1.82) is 0 Å². The maximum Gasteiger partial charge on any atom is 0.322 e. The lowest BCUT2D eigenvalue weighted by atomic mass is 9.90. The quantitative estimate of drug-likeness (QED) is 0.925. The molecule has 0 saturated carbocycles. The fourth-order valence-electron chi connectivity index (χ4n) is 3.00. The number of halogens is 2. The normalized spacial score (nSPS) is 17.2. The maximum absolute atomic E-state index is 14.0. The van der Waals surface area contributed by atoms with Crippen molar-refractivity contribution < 1.29 is 18.3 Å². The van der Waals surface area contributed by atoms with E-state index in [1.807, 2.05) is 0 Å². The first kappa shape index (κ1) is 17.1. The predicted octanol–water partition coefficient (Wildman–Crippen LogP) is 3.17. The summed E-state index contributed by atoms with van der Waals surface area (Å²) >= 11 is 0. The molecule has 1 aliphatic rings. The molecular formula is C17H18F2N4O2. The lowest BCUT2D eigenvalue weighted by Crippen LogP contribution is -2.41. The molecule has 1 fully saturated rings. The van der Waals surface area contributed by atoms with Gasteiger partial charge in [0.15, 0.2) is 0 Å². The minimum absolute atomic E-state index is 0.246. The molecule has 1 aromatic heterocycles. The topological polar surface area (TPSA) is 67.4 Å². The summed E-state index contributed by atoms with van der Waals surface area (Å²) in [7, 11) is 1.45. The number of aromatic nitrogens is 2. The van der Waals surface area contributed by atoms with Crippen LogP contribution in [-0.4, -0.2) is 41.1 Å². The van der Waals surface area contributed by atoms with Crippen LogP contribution in [0.3, 0.4) is 0 Å². The van der Waals surface area contributed by atoms with Gasteiger partial charge in [-0.2, -0.15) is 4.98 Å². The smallest absolute Gasteiger partial charge is 0.322 e. The molecule has 1 aromatic carbocycles. The summed E-state index contributed by atoms with van der Waals surface area (Å²) < 4.78 is 32.5. The fraction of sp³-hybridized carbons (Fsp3) is 0.353. The number of carbonyl (C=O) groups is 1. The van der Waals surface area contributed by atoms with E-state index in [0.717, 1.165) is 12.1 Å². The van der Waals surface area contributed by atoms with Crippen LogP contribution in [0.1, 0.15) is 24.3 Å². The largest absolute Gasteiger partial charge is 0.479 e. The lowest BCUT2D eigenvalue weighted by molar-refractivity contribution is 0.192. The van der Waals surface area contributed by atoms with Crippen molar-refractivity contribution >= 4 is 11.7 Å². The Bertz CT molecular complexity index is 772. The van der Waals surface area contributed by atoms with Crippen LogP contribution in [-0.2, 0) is 0 Å². The summed E-state index contributed by atoms with van der Waals surface area (Å²) in [5.41, 5.74) is 0.659. The van der Waals surface area contributed by atoms with Gasteiger partial charge in [-0.1, -0.05) is 0 Å². The summed E-state index contributed by atoms with van der Waals surface area (Å²) in [4.78, 5) is 21.9. The number of methoxy groups -OCH3 is 1. The van der Waals surface area contributed by atoms with E-state index in [1.54, 1.807) is 4.90 Å². The molecule has 1 atom stereocenters. The summed E-state index contributed by atoms with van der Waals surface area (Å²) in [5, 5.41) is 2.70. The summed E-state index contributed by atoms with van der Waals surface area (Å²) in [6, 6.07) is 3.06. The minimum atomic E-state index is -0.482. The van der Waals surface area contributed by atoms with E-state index < -0.39 is 11.6 Å². The second kappa shape index (κ2) is 7.42. The molecule has 1 aliphatic heterocycles. The molecule has 8 heteroatoms. The highest BCUT2D eigenvalue weighted by Gasteiger charge is 2.27. The Morgan fingerprint density at radius 2 is 2.24 bits per heavy atom. The Morgan fingerprint density at radius 3 is 3.04 bits per heavy atom. The summed E-state index contributed by atoms with van der Waals surface area (Å²) in [5.74, 6) is -0.923. The number of hydrogen-bond donors (Lipinski definition) is 1. The van der Waals surface area contributed by atoms with Crippen molar-refractivity contribution in [1.82, 2.24) is 14.9 Å². The second-order valence-corrected chi connectivity index (χ2v) is 5.83. The number of hydrogen-bond acceptors (Lipinski definition) is 4. The number of nitrogens with zero attached hydrogens (tertiary/aromatic N) is 3. The molecule has 25 heavy (non-hydrogen) atoms. The van der Waals surface area contributed by atoms with Crippen molar-refractivity contribution in [2.45, 2.75) is 18.8 Å². The Labute approximate surface area is 143 Å². The average molecular weight is 348 g/mol. The van der Waals surface area contributed by atoms with Crippen molar-refractivity contribution in [2.24, 2.45) is 0 Å². The first-order chi connectivity index (χ1) is 12.1. The van der Waals surface area contributed by atoms with Crippen LogP contribution < -0.4 is 10.1 Å². The van der Waals surface area contributed by atoms with Crippen LogP contribution in [0, 0.1) is 11.6 Å². The van der Waals surface area contributed by atoms with E-state index in [-0.39, 0.29) is 17.8 Å². The van der Waals surface area contributed by atoms with E-state index in [1.165, 1.54) is 25.7 Å². The van der Waals surface area contributed by atoms with Crippen LogP contribution in [0.4, 0.5) is 19.3 Å². The van der Waals surface area contributed by atoms with E-state index in [4.69, 9.17) is 4.74 Å². The maximum atomic E-state index is 14.0. The van der Waals surface area contributed by atoms with Gasteiger partial charge < -0.3 is 15.0 Å². The molecule has 0 radical (unpaired) electrons. The monoisotopic (exact) mass is 348 g/mol. The van der Waals surface area contributed by atoms with Gasteiger partial charge in [-0.05, 0) is 36.6 Å². The summed E-state index contributed by atoms with van der Waals surface area (Å²) in [6.45, 7) is 0.845. The van der Waals surface area contributed by atoms with Crippen LogP contribution in [0.2, 0.25) is 0 Å². The Morgan fingerprint density at radius 1 is 1.40 bits per heavy atom. The van der Waals surface area contributed by atoms with Gasteiger partial charge in [0.2, 0.25) is 5.88 Å². The number of piperidine rings is 1. The summed E-state index contributed by atoms with van der Waals surface area (Å²) in [6.07, 6.45) is 4.16. The standard InChI is InChI=1S/C17H18F2N4O2/c1-25-16-15(8-20-10-21-16)22-17(24)23-6-2-3-11(9-23)13-7-12(18)4-5-14(13)19/h4-5,7-8,10-11H,2-3,6,9H2,1H3,(H,22,24)/t11-/m1/s1. The number of nitrogens with one attached hydrogen (secondary N) is 1. The minimum Gasteiger partial charge on any atom is -0.479 e. The van der Waals surface area contributed by atoms with Crippen molar-refractivity contribution in [3.63, 3.8) is 0 Å². The third kappa shape index (κ3) is 3.84. The number of likely N-dealkylation sites (tertiary alicyclic amines) is 1. The highest BCUT2D eigenvalue weighted by Crippen LogP contribution is 2.30. The van der Waals surface area contributed by atoms with Crippen molar-refractivity contribution in [3.8, 4) is 5.88 Å². The highest BCUT2D eigenvalue weighted by atomic mass is 19.1. The Kier molecular flexibility index (Phi) is 5.06. The van der Waals surface area contributed by atoms with E-state index in [0.29, 0.717) is 37.2 Å². The zero-order valence-corrected chi connectivity index (χ0v) is 13.7. The number of amides is 2. The van der Waals surface area contributed by atoms with Gasteiger partial charge in [-0.25, -0.2) is 18.6 Å². The van der Waals surface area contributed by atoms with Gasteiger partial charge in [0.1, 0.15) is 23.6 Å². The van der Waals surface area contributed by atoms with Crippen molar-refractivity contribution in [3.05, 3.63) is 47.9 Å². The van der Waals surface area contributed by atoms with Crippen LogP contribution in [0.5, 0.6) is 5.88 Å². The first-order valence-corrected chi connectivity index (χ1v) is 7.93. The molecule has 2 heterocycles. The third-order valence-corrected chi connectivity index (χ3v) is 4.22. The van der Waals surface area contributed by atoms with Gasteiger partial charge in [-0.15, -0.1) is 0 Å². The van der Waals surface area contributed by atoms with Gasteiger partial charge in [0.05, 0.1) is 13.3 Å². The zero-order valence-electron chi connectivity index (χ0n) is 13.7. The van der Waals surface area contributed by atoms with Crippen LogP contribution in [0.25, 0.3) is 0 Å². The molecule has 0 unspecified atom stereocenters. The number of benzene rings is 1. The molecule has 1 N–H and O–H groups in total. The molecule has 0 aliphatic carbocycles. The van der Waals surface area contributed by atoms with Gasteiger partial charge in [-0.3, -0.25) is 0 Å². The molecule has 2 aromatic rings. The molecule has 6 nitrogen and oxygen atoms in total. The van der Waals surface area contributed by atoms with Crippen LogP contribution in [0.15, 0.2) is 30.7 Å². The second-order valence-electron chi connectivity index (χ2n) is 5.83. The zero-order chi connectivity index (χ0) is 17.8. The number of rotatable bonds is 3. The third-order valence-electron chi connectivity index (χ3n) is 4.22. The Balaban J connectivity index is 1.72. The van der Waals surface area contributed by atoms with Gasteiger partial charge >= 0.3 is 6.03 Å². The molecule has 1 saturated heterocycles. The molecule has 0 spiro atoms. The molecule has 2 amide bonds. The molecule has 132 valence electrons. The fourth-order valence-corrected chi connectivity index (χ4v) is 3.00. The average Bonchev–Trinajstić information content (AvgIpc) is 2.64. The van der Waals surface area contributed by atoms with Crippen LogP contribution >= 0.6 is 0 Å². The molecule has 3 rings (SSSR count). The SMILES string of the molecule is COc1ncncc1NC(=O)N1CCC[C@@H](c2cc(F)ccc2F)C1. The van der Waals surface area contributed by atoms with E-state index >= 15 is 0 Å². The Hall–Kier alpha value is -2.77. The molecule has 0 bridgehead atoms.